The van der Waals surface area contributed by atoms with E-state index in [-0.39, 0.29) is 30.9 Å². The van der Waals surface area contributed by atoms with Crippen molar-refractivity contribution in [2.75, 3.05) is 36.5 Å². The molecule has 7 heteroatoms. The Hall–Kier alpha value is -3.35. The van der Waals surface area contributed by atoms with Gasteiger partial charge in [0.25, 0.3) is 11.8 Å². The Bertz CT molecular complexity index is 875. The summed E-state index contributed by atoms with van der Waals surface area (Å²) in [4.78, 5) is 40.1. The van der Waals surface area contributed by atoms with Crippen molar-refractivity contribution in [1.29, 1.82) is 0 Å². The standard InChI is InChI=1S/C21H23N3O4/c1-3-23(4-2)21(27)15-9-11-16(12-10-15)22-19(25)13-24-17-7-5-6-8-18(17)28-14-20(24)26/h5-12H,3-4,13-14H2,1-2H3,(H,22,25). The van der Waals surface area contributed by atoms with Crippen LogP contribution in [0.25, 0.3) is 0 Å². The summed E-state index contributed by atoms with van der Waals surface area (Å²) in [6, 6.07) is 13.8. The molecular weight excluding hydrogens is 358 g/mol. The van der Waals surface area contributed by atoms with Gasteiger partial charge in [-0.05, 0) is 50.2 Å². The van der Waals surface area contributed by atoms with Gasteiger partial charge in [-0.3, -0.25) is 19.3 Å². The predicted molar refractivity (Wildman–Crippen MR) is 107 cm³/mol. The van der Waals surface area contributed by atoms with Crippen molar-refractivity contribution in [3.05, 3.63) is 54.1 Å². The summed E-state index contributed by atoms with van der Waals surface area (Å²) in [5.41, 5.74) is 1.71. The maximum atomic E-state index is 12.4. The van der Waals surface area contributed by atoms with Crippen molar-refractivity contribution in [1.82, 2.24) is 4.90 Å². The summed E-state index contributed by atoms with van der Waals surface area (Å²) in [7, 11) is 0. The van der Waals surface area contributed by atoms with Crippen LogP contribution < -0.4 is 15.0 Å². The van der Waals surface area contributed by atoms with Gasteiger partial charge in [0.15, 0.2) is 6.61 Å². The molecule has 0 saturated carbocycles. The van der Waals surface area contributed by atoms with E-state index in [1.165, 1.54) is 4.90 Å². The normalized spacial score (nSPS) is 12.8. The highest BCUT2D eigenvalue weighted by Gasteiger charge is 2.27. The summed E-state index contributed by atoms with van der Waals surface area (Å²) in [6.07, 6.45) is 0. The van der Waals surface area contributed by atoms with E-state index in [2.05, 4.69) is 5.32 Å². The Labute approximate surface area is 163 Å². The molecule has 0 atom stereocenters. The minimum Gasteiger partial charge on any atom is -0.482 e. The van der Waals surface area contributed by atoms with Gasteiger partial charge in [-0.1, -0.05) is 12.1 Å². The van der Waals surface area contributed by atoms with Crippen molar-refractivity contribution in [3.63, 3.8) is 0 Å². The lowest BCUT2D eigenvalue weighted by Gasteiger charge is -2.28. The maximum absolute atomic E-state index is 12.4. The van der Waals surface area contributed by atoms with Crippen molar-refractivity contribution in [2.45, 2.75) is 13.8 Å². The molecule has 1 N–H and O–H groups in total. The van der Waals surface area contributed by atoms with Crippen LogP contribution in [0, 0.1) is 0 Å². The smallest absolute Gasteiger partial charge is 0.265 e. The second-order valence-electron chi connectivity index (χ2n) is 6.34. The number of hydrogen-bond acceptors (Lipinski definition) is 4. The SMILES string of the molecule is CCN(CC)C(=O)c1ccc(NC(=O)CN2C(=O)COc3ccccc32)cc1. The molecule has 3 amide bonds. The number of para-hydroxylation sites is 2. The fourth-order valence-electron chi connectivity index (χ4n) is 3.06. The van der Waals surface area contributed by atoms with E-state index in [0.717, 1.165) is 0 Å². The molecule has 2 aromatic carbocycles. The molecule has 146 valence electrons. The number of anilines is 2. The van der Waals surface area contributed by atoms with E-state index >= 15 is 0 Å². The van der Waals surface area contributed by atoms with Gasteiger partial charge < -0.3 is 15.0 Å². The first-order chi connectivity index (χ1) is 13.5. The summed E-state index contributed by atoms with van der Waals surface area (Å²) in [6.45, 7) is 4.94. The van der Waals surface area contributed by atoms with Crippen LogP contribution in [0.3, 0.4) is 0 Å². The number of nitrogens with one attached hydrogen (secondary N) is 1. The molecular formula is C21H23N3O4. The van der Waals surface area contributed by atoms with Gasteiger partial charge >= 0.3 is 0 Å². The fraction of sp³-hybridized carbons (Fsp3) is 0.286. The largest absolute Gasteiger partial charge is 0.482 e. The van der Waals surface area contributed by atoms with Crippen molar-refractivity contribution >= 4 is 29.1 Å². The maximum Gasteiger partial charge on any atom is 0.265 e. The molecule has 1 heterocycles. The van der Waals surface area contributed by atoms with Crippen LogP contribution in [0.4, 0.5) is 11.4 Å². The molecule has 0 bridgehead atoms. The Balaban J connectivity index is 1.66. The first-order valence-electron chi connectivity index (χ1n) is 9.24. The van der Waals surface area contributed by atoms with Crippen molar-refractivity contribution in [3.8, 4) is 5.75 Å². The molecule has 2 aromatic rings. The molecule has 0 aromatic heterocycles. The van der Waals surface area contributed by atoms with Gasteiger partial charge in [-0.25, -0.2) is 0 Å². The lowest BCUT2D eigenvalue weighted by molar-refractivity contribution is -0.123. The number of benzene rings is 2. The Morgan fingerprint density at radius 3 is 2.43 bits per heavy atom. The van der Waals surface area contributed by atoms with Crippen LogP contribution in [0.2, 0.25) is 0 Å². The number of carbonyl (C=O) groups excluding carboxylic acids is 3. The van der Waals surface area contributed by atoms with Gasteiger partial charge in [-0.2, -0.15) is 0 Å². The topological polar surface area (TPSA) is 79.0 Å². The van der Waals surface area contributed by atoms with E-state index in [1.807, 2.05) is 19.9 Å². The molecule has 0 saturated heterocycles. The Morgan fingerprint density at radius 1 is 1.07 bits per heavy atom. The zero-order valence-corrected chi connectivity index (χ0v) is 16.0. The third-order valence-electron chi connectivity index (χ3n) is 4.58. The van der Waals surface area contributed by atoms with Crippen LogP contribution in [0.15, 0.2) is 48.5 Å². The lowest BCUT2D eigenvalue weighted by Crippen LogP contribution is -2.43. The second kappa shape index (κ2) is 8.56. The number of rotatable bonds is 6. The first kappa shape index (κ1) is 19.4. The van der Waals surface area contributed by atoms with E-state index in [4.69, 9.17) is 4.74 Å². The molecule has 1 aliphatic rings. The van der Waals surface area contributed by atoms with Crippen LogP contribution >= 0.6 is 0 Å². The lowest BCUT2D eigenvalue weighted by atomic mass is 10.1. The quantitative estimate of drug-likeness (QED) is 0.834. The fourth-order valence-corrected chi connectivity index (χ4v) is 3.06. The van der Waals surface area contributed by atoms with Gasteiger partial charge in [0.1, 0.15) is 12.3 Å². The van der Waals surface area contributed by atoms with Crippen molar-refractivity contribution in [2.24, 2.45) is 0 Å². The highest BCUT2D eigenvalue weighted by Crippen LogP contribution is 2.31. The van der Waals surface area contributed by atoms with Gasteiger partial charge in [0, 0.05) is 24.3 Å². The Kier molecular flexibility index (Phi) is 5.93. The van der Waals surface area contributed by atoms with E-state index in [9.17, 15) is 14.4 Å². The molecule has 0 unspecified atom stereocenters. The third-order valence-corrected chi connectivity index (χ3v) is 4.58. The molecule has 1 aliphatic heterocycles. The minimum atomic E-state index is -0.326. The molecule has 0 radical (unpaired) electrons. The van der Waals surface area contributed by atoms with Gasteiger partial charge in [0.05, 0.1) is 5.69 Å². The average molecular weight is 381 g/mol. The number of carbonyl (C=O) groups is 3. The second-order valence-corrected chi connectivity index (χ2v) is 6.34. The van der Waals surface area contributed by atoms with E-state index in [1.54, 1.807) is 47.4 Å². The molecule has 0 aliphatic carbocycles. The molecule has 0 spiro atoms. The van der Waals surface area contributed by atoms with E-state index in [0.29, 0.717) is 35.8 Å². The minimum absolute atomic E-state index is 0.0432. The van der Waals surface area contributed by atoms with Gasteiger partial charge in [0.2, 0.25) is 5.91 Å². The molecule has 0 fully saturated rings. The third kappa shape index (κ3) is 4.14. The van der Waals surface area contributed by atoms with Crippen molar-refractivity contribution < 1.29 is 19.1 Å². The van der Waals surface area contributed by atoms with Crippen LogP contribution in [0.1, 0.15) is 24.2 Å². The monoisotopic (exact) mass is 381 g/mol. The van der Waals surface area contributed by atoms with Crippen LogP contribution in [-0.4, -0.2) is 48.9 Å². The number of nitrogens with zero attached hydrogens (tertiary/aromatic N) is 2. The number of amides is 3. The first-order valence-corrected chi connectivity index (χ1v) is 9.24. The molecule has 28 heavy (non-hydrogen) atoms. The number of hydrogen-bond donors (Lipinski definition) is 1. The highest BCUT2D eigenvalue weighted by molar-refractivity contribution is 6.05. The summed E-state index contributed by atoms with van der Waals surface area (Å²) in [5.74, 6) is -0.0607. The van der Waals surface area contributed by atoms with Gasteiger partial charge in [-0.15, -0.1) is 0 Å². The number of fused-ring (bicyclic) bond motifs is 1. The number of ether oxygens (including phenoxy) is 1. The zero-order chi connectivity index (χ0) is 20.1. The predicted octanol–water partition coefficient (Wildman–Crippen LogP) is 2.53. The zero-order valence-electron chi connectivity index (χ0n) is 16.0. The average Bonchev–Trinajstić information content (AvgIpc) is 2.71. The van der Waals surface area contributed by atoms with E-state index < -0.39 is 0 Å². The highest BCUT2D eigenvalue weighted by atomic mass is 16.5. The summed E-state index contributed by atoms with van der Waals surface area (Å²) >= 11 is 0. The molecule has 3 rings (SSSR count). The summed E-state index contributed by atoms with van der Waals surface area (Å²) < 4.78 is 5.38. The van der Waals surface area contributed by atoms with Crippen LogP contribution in [-0.2, 0) is 9.59 Å². The Morgan fingerprint density at radius 2 is 1.75 bits per heavy atom. The summed E-state index contributed by atoms with van der Waals surface area (Å²) in [5, 5.41) is 2.77. The van der Waals surface area contributed by atoms with Crippen LogP contribution in [0.5, 0.6) is 5.75 Å². The molecule has 7 nitrogen and oxygen atoms in total.